The van der Waals surface area contributed by atoms with Crippen LogP contribution in [0.25, 0.3) is 0 Å². The number of hydrogen-bond acceptors (Lipinski definition) is 1. The van der Waals surface area contributed by atoms with E-state index in [-0.39, 0.29) is 5.54 Å². The van der Waals surface area contributed by atoms with Crippen molar-refractivity contribution in [1.82, 2.24) is 5.32 Å². The van der Waals surface area contributed by atoms with Crippen molar-refractivity contribution in [1.29, 1.82) is 0 Å². The summed E-state index contributed by atoms with van der Waals surface area (Å²) in [4.78, 5) is 0. The predicted molar refractivity (Wildman–Crippen MR) is 119 cm³/mol. The van der Waals surface area contributed by atoms with Crippen molar-refractivity contribution in [2.75, 3.05) is 7.05 Å². The molecule has 1 unspecified atom stereocenters. The normalized spacial score (nSPS) is 13.8. The Kier molecular flexibility index (Phi) is 12.4. The van der Waals surface area contributed by atoms with Gasteiger partial charge in [-0.2, -0.15) is 0 Å². The van der Waals surface area contributed by atoms with Gasteiger partial charge in [0, 0.05) is 14.5 Å². The molecule has 0 aliphatic rings. The molecule has 0 fully saturated rings. The molecular formula is C22H37Br2N. The van der Waals surface area contributed by atoms with Crippen molar-refractivity contribution < 1.29 is 0 Å². The summed E-state index contributed by atoms with van der Waals surface area (Å²) in [6, 6.07) is 6.58. The van der Waals surface area contributed by atoms with Gasteiger partial charge in [-0.3, -0.25) is 0 Å². The highest BCUT2D eigenvalue weighted by atomic mass is 79.9. The van der Waals surface area contributed by atoms with Crippen LogP contribution in [0.3, 0.4) is 0 Å². The summed E-state index contributed by atoms with van der Waals surface area (Å²) < 4.78 is 2.37. The maximum absolute atomic E-state index is 3.84. The van der Waals surface area contributed by atoms with E-state index in [1.807, 2.05) is 0 Å². The first-order valence-electron chi connectivity index (χ1n) is 10.2. The number of halogens is 2. The summed E-state index contributed by atoms with van der Waals surface area (Å²) in [5.74, 6) is 0. The Hall–Kier alpha value is 0.140. The zero-order chi connectivity index (χ0) is 18.5. The van der Waals surface area contributed by atoms with Crippen LogP contribution in [0.15, 0.2) is 27.1 Å². The molecule has 144 valence electrons. The van der Waals surface area contributed by atoms with Crippen LogP contribution >= 0.6 is 31.9 Å². The molecule has 0 saturated heterocycles. The Morgan fingerprint density at radius 2 is 1.32 bits per heavy atom. The van der Waals surface area contributed by atoms with Gasteiger partial charge in [0.15, 0.2) is 0 Å². The highest BCUT2D eigenvalue weighted by Crippen LogP contribution is 2.40. The SMILES string of the molecule is CCCCCCCCC(CCCCCC)(NC)c1cccc(Br)c1Br. The number of rotatable bonds is 14. The highest BCUT2D eigenvalue weighted by molar-refractivity contribution is 9.13. The standard InChI is InChI=1S/C22H37Br2N/c1-4-6-8-10-11-13-18-22(25-3,17-12-9-7-5-2)19-15-14-16-20(23)21(19)24/h14-16,25H,4-13,17-18H2,1-3H3. The number of hydrogen-bond donors (Lipinski definition) is 1. The molecule has 0 spiro atoms. The van der Waals surface area contributed by atoms with Gasteiger partial charge in [-0.05, 0) is 63.4 Å². The van der Waals surface area contributed by atoms with Crippen molar-refractivity contribution in [2.24, 2.45) is 0 Å². The molecule has 3 heteroatoms. The van der Waals surface area contributed by atoms with E-state index in [4.69, 9.17) is 0 Å². The Labute approximate surface area is 173 Å². The van der Waals surface area contributed by atoms with E-state index in [0.29, 0.717) is 0 Å². The van der Waals surface area contributed by atoms with Gasteiger partial charge in [-0.15, -0.1) is 0 Å². The van der Waals surface area contributed by atoms with Gasteiger partial charge >= 0.3 is 0 Å². The van der Waals surface area contributed by atoms with Gasteiger partial charge in [0.25, 0.3) is 0 Å². The Bertz CT molecular complexity index is 475. The average Bonchev–Trinajstić information content (AvgIpc) is 2.62. The van der Waals surface area contributed by atoms with Crippen molar-refractivity contribution >= 4 is 31.9 Å². The molecule has 1 N–H and O–H groups in total. The second-order valence-electron chi connectivity index (χ2n) is 7.26. The first kappa shape index (κ1) is 23.2. The van der Waals surface area contributed by atoms with Crippen LogP contribution < -0.4 is 5.32 Å². The maximum atomic E-state index is 3.84. The summed E-state index contributed by atoms with van der Waals surface area (Å²) in [5.41, 5.74) is 1.50. The van der Waals surface area contributed by atoms with Gasteiger partial charge < -0.3 is 5.32 Å². The lowest BCUT2D eigenvalue weighted by Gasteiger charge is -2.36. The zero-order valence-corrected chi connectivity index (χ0v) is 19.6. The first-order chi connectivity index (χ1) is 12.1. The molecule has 25 heavy (non-hydrogen) atoms. The number of nitrogens with one attached hydrogen (secondary N) is 1. The van der Waals surface area contributed by atoms with Gasteiger partial charge in [-0.25, -0.2) is 0 Å². The van der Waals surface area contributed by atoms with E-state index in [9.17, 15) is 0 Å². The minimum absolute atomic E-state index is 0.0844. The van der Waals surface area contributed by atoms with E-state index in [0.717, 1.165) is 4.47 Å². The largest absolute Gasteiger partial charge is 0.310 e. The Balaban J connectivity index is 2.82. The van der Waals surface area contributed by atoms with Gasteiger partial charge in [0.1, 0.15) is 0 Å². The molecule has 0 aromatic heterocycles. The van der Waals surface area contributed by atoms with Crippen LogP contribution in [0.2, 0.25) is 0 Å². The highest BCUT2D eigenvalue weighted by Gasteiger charge is 2.31. The Morgan fingerprint density at radius 1 is 0.800 bits per heavy atom. The second-order valence-corrected chi connectivity index (χ2v) is 8.91. The average molecular weight is 475 g/mol. The molecule has 0 aliphatic carbocycles. The number of benzene rings is 1. The predicted octanol–water partition coefficient (Wildman–Crippen LogP) is 8.35. The molecule has 1 nitrogen and oxygen atoms in total. The van der Waals surface area contributed by atoms with Crippen molar-refractivity contribution in [3.05, 3.63) is 32.7 Å². The van der Waals surface area contributed by atoms with Crippen LogP contribution in [-0.2, 0) is 5.54 Å². The quantitative estimate of drug-likeness (QED) is 0.267. The molecule has 0 heterocycles. The minimum Gasteiger partial charge on any atom is -0.310 e. The van der Waals surface area contributed by atoms with E-state index in [1.165, 1.54) is 87.1 Å². The monoisotopic (exact) mass is 473 g/mol. The fourth-order valence-corrected chi connectivity index (χ4v) is 4.72. The summed E-state index contributed by atoms with van der Waals surface area (Å²) in [5, 5.41) is 3.73. The third-order valence-electron chi connectivity index (χ3n) is 5.36. The molecule has 1 aromatic rings. The van der Waals surface area contributed by atoms with E-state index in [1.54, 1.807) is 0 Å². The molecule has 0 amide bonds. The van der Waals surface area contributed by atoms with Crippen molar-refractivity contribution in [3.63, 3.8) is 0 Å². The fourth-order valence-electron chi connectivity index (χ4n) is 3.71. The van der Waals surface area contributed by atoms with E-state index in [2.05, 4.69) is 76.3 Å². The maximum Gasteiger partial charge on any atom is 0.0443 e. The first-order valence-corrected chi connectivity index (χ1v) is 11.8. The van der Waals surface area contributed by atoms with Crippen LogP contribution in [0, 0.1) is 0 Å². The topological polar surface area (TPSA) is 12.0 Å². The smallest absolute Gasteiger partial charge is 0.0443 e. The Morgan fingerprint density at radius 3 is 1.88 bits per heavy atom. The molecule has 1 atom stereocenters. The summed E-state index contributed by atoms with van der Waals surface area (Å²) in [7, 11) is 2.14. The molecule has 0 radical (unpaired) electrons. The lowest BCUT2D eigenvalue weighted by atomic mass is 9.80. The lowest BCUT2D eigenvalue weighted by Crippen LogP contribution is -2.40. The van der Waals surface area contributed by atoms with Gasteiger partial charge in [-0.1, -0.05) is 90.2 Å². The van der Waals surface area contributed by atoms with Crippen molar-refractivity contribution in [3.8, 4) is 0 Å². The fraction of sp³-hybridized carbons (Fsp3) is 0.727. The molecule has 1 rings (SSSR count). The molecule has 0 saturated carbocycles. The van der Waals surface area contributed by atoms with Crippen LogP contribution in [0.5, 0.6) is 0 Å². The van der Waals surface area contributed by atoms with Crippen LogP contribution in [-0.4, -0.2) is 7.05 Å². The van der Waals surface area contributed by atoms with E-state index < -0.39 is 0 Å². The molecule has 1 aromatic carbocycles. The summed E-state index contributed by atoms with van der Waals surface area (Å²) in [6.07, 6.45) is 15.8. The van der Waals surface area contributed by atoms with Crippen LogP contribution in [0.4, 0.5) is 0 Å². The molecular weight excluding hydrogens is 438 g/mol. The third-order valence-corrected chi connectivity index (χ3v) is 7.41. The summed E-state index contributed by atoms with van der Waals surface area (Å²) >= 11 is 7.53. The van der Waals surface area contributed by atoms with Crippen LogP contribution in [0.1, 0.15) is 96.5 Å². The number of unbranched alkanes of at least 4 members (excludes halogenated alkanes) is 8. The zero-order valence-electron chi connectivity index (χ0n) is 16.5. The molecule has 0 bridgehead atoms. The second kappa shape index (κ2) is 13.3. The summed E-state index contributed by atoms with van der Waals surface area (Å²) in [6.45, 7) is 4.57. The minimum atomic E-state index is 0.0844. The van der Waals surface area contributed by atoms with Gasteiger partial charge in [0.2, 0.25) is 0 Å². The van der Waals surface area contributed by atoms with Gasteiger partial charge in [0.05, 0.1) is 0 Å². The van der Waals surface area contributed by atoms with Crippen molar-refractivity contribution in [2.45, 2.75) is 96.4 Å². The lowest BCUT2D eigenvalue weighted by molar-refractivity contribution is 0.283. The molecule has 0 aliphatic heterocycles. The third kappa shape index (κ3) is 7.72. The van der Waals surface area contributed by atoms with E-state index >= 15 is 0 Å².